The van der Waals surface area contributed by atoms with Crippen LogP contribution in [0.25, 0.3) is 10.7 Å². The van der Waals surface area contributed by atoms with Crippen LogP contribution in [0.3, 0.4) is 0 Å². The molecule has 0 bridgehead atoms. The summed E-state index contributed by atoms with van der Waals surface area (Å²) in [7, 11) is 0. The van der Waals surface area contributed by atoms with Crippen LogP contribution in [0.15, 0.2) is 23.7 Å². The number of aromatic nitrogens is 2. The Labute approximate surface area is 93.0 Å². The number of nitrogens with zero attached hydrogens (tertiary/aromatic N) is 2. The molecule has 78 valence electrons. The van der Waals surface area contributed by atoms with Crippen LogP contribution >= 0.6 is 11.3 Å². The van der Waals surface area contributed by atoms with Gasteiger partial charge >= 0.3 is 0 Å². The quantitative estimate of drug-likeness (QED) is 0.844. The summed E-state index contributed by atoms with van der Waals surface area (Å²) in [5.41, 5.74) is 8.79. The topological polar surface area (TPSA) is 51.8 Å². The largest absolute Gasteiger partial charge is 0.323 e. The van der Waals surface area contributed by atoms with Gasteiger partial charge in [0.2, 0.25) is 0 Å². The predicted molar refractivity (Wildman–Crippen MR) is 62.7 cm³/mol. The fourth-order valence-corrected chi connectivity index (χ4v) is 2.30. The second-order valence-corrected chi connectivity index (χ2v) is 4.39. The van der Waals surface area contributed by atoms with Crippen LogP contribution in [0.5, 0.6) is 0 Å². The average molecular weight is 219 g/mol. The second kappa shape index (κ2) is 4.08. The van der Waals surface area contributed by atoms with Gasteiger partial charge in [-0.3, -0.25) is 4.98 Å². The first-order chi connectivity index (χ1) is 7.18. The Balaban J connectivity index is 2.42. The molecule has 0 aliphatic carbocycles. The van der Waals surface area contributed by atoms with E-state index in [9.17, 15) is 0 Å². The summed E-state index contributed by atoms with van der Waals surface area (Å²) in [4.78, 5) is 8.80. The zero-order valence-corrected chi connectivity index (χ0v) is 9.58. The summed E-state index contributed by atoms with van der Waals surface area (Å²) in [6, 6.07) is 3.95. The summed E-state index contributed by atoms with van der Waals surface area (Å²) >= 11 is 1.59. The van der Waals surface area contributed by atoms with Crippen molar-refractivity contribution in [2.24, 2.45) is 5.73 Å². The Hall–Kier alpha value is -1.26. The van der Waals surface area contributed by atoms with Crippen LogP contribution < -0.4 is 5.73 Å². The summed E-state index contributed by atoms with van der Waals surface area (Å²) in [6.45, 7) is 3.97. The molecule has 0 spiro atoms. The minimum atomic E-state index is -0.0148. The second-order valence-electron chi connectivity index (χ2n) is 3.54. The molecule has 15 heavy (non-hydrogen) atoms. The first-order valence-electron chi connectivity index (χ1n) is 4.81. The molecule has 0 saturated carbocycles. The molecule has 4 heteroatoms. The molecular weight excluding hydrogens is 206 g/mol. The molecule has 2 rings (SSSR count). The highest BCUT2D eigenvalue weighted by molar-refractivity contribution is 7.13. The highest BCUT2D eigenvalue weighted by atomic mass is 32.1. The summed E-state index contributed by atoms with van der Waals surface area (Å²) < 4.78 is 0. The average Bonchev–Trinajstić information content (AvgIpc) is 2.67. The molecule has 2 heterocycles. The van der Waals surface area contributed by atoms with Gasteiger partial charge in [0, 0.05) is 17.6 Å². The van der Waals surface area contributed by atoms with Gasteiger partial charge in [-0.25, -0.2) is 4.98 Å². The van der Waals surface area contributed by atoms with Crippen molar-refractivity contribution in [1.82, 2.24) is 9.97 Å². The molecule has 2 aromatic heterocycles. The maximum absolute atomic E-state index is 5.77. The molecule has 0 aromatic carbocycles. The van der Waals surface area contributed by atoms with E-state index in [4.69, 9.17) is 5.73 Å². The molecule has 0 saturated heterocycles. The van der Waals surface area contributed by atoms with Gasteiger partial charge in [-0.2, -0.15) is 0 Å². The summed E-state index contributed by atoms with van der Waals surface area (Å²) in [6.07, 6.45) is 1.79. The third-order valence-electron chi connectivity index (χ3n) is 2.20. The fourth-order valence-electron chi connectivity index (χ4n) is 1.31. The third kappa shape index (κ3) is 2.06. The number of nitrogens with two attached hydrogens (primary N) is 1. The van der Waals surface area contributed by atoms with Crippen molar-refractivity contribution in [2.75, 3.05) is 0 Å². The van der Waals surface area contributed by atoms with Gasteiger partial charge in [-0.05, 0) is 25.5 Å². The van der Waals surface area contributed by atoms with Crippen molar-refractivity contribution in [3.8, 4) is 10.7 Å². The molecule has 2 N–H and O–H groups in total. The van der Waals surface area contributed by atoms with E-state index in [0.29, 0.717) is 0 Å². The van der Waals surface area contributed by atoms with E-state index in [1.54, 1.807) is 17.5 Å². The van der Waals surface area contributed by atoms with Crippen molar-refractivity contribution in [2.45, 2.75) is 19.9 Å². The first-order valence-corrected chi connectivity index (χ1v) is 5.69. The van der Waals surface area contributed by atoms with Gasteiger partial charge in [0.25, 0.3) is 0 Å². The molecular formula is C11H13N3S. The van der Waals surface area contributed by atoms with E-state index in [1.165, 1.54) is 0 Å². The van der Waals surface area contributed by atoms with E-state index in [-0.39, 0.29) is 6.04 Å². The van der Waals surface area contributed by atoms with E-state index in [0.717, 1.165) is 22.0 Å². The Morgan fingerprint density at radius 2 is 2.27 bits per heavy atom. The normalized spacial score (nSPS) is 12.7. The monoisotopic (exact) mass is 219 g/mol. The summed E-state index contributed by atoms with van der Waals surface area (Å²) in [5.74, 6) is 0. The SMILES string of the molecule is Cc1cccnc1-c1nc(C(C)N)cs1. The van der Waals surface area contributed by atoms with Crippen LogP contribution in [0.2, 0.25) is 0 Å². The van der Waals surface area contributed by atoms with Gasteiger partial charge in [-0.1, -0.05) is 6.07 Å². The smallest absolute Gasteiger partial charge is 0.142 e. The van der Waals surface area contributed by atoms with Gasteiger partial charge in [0.15, 0.2) is 0 Å². The highest BCUT2D eigenvalue weighted by Crippen LogP contribution is 2.25. The standard InChI is InChI=1S/C11H13N3S/c1-7-4-3-5-13-10(7)11-14-9(6-15-11)8(2)12/h3-6,8H,12H2,1-2H3. The molecule has 0 aliphatic rings. The lowest BCUT2D eigenvalue weighted by atomic mass is 10.2. The van der Waals surface area contributed by atoms with E-state index >= 15 is 0 Å². The van der Waals surface area contributed by atoms with Gasteiger partial charge in [-0.15, -0.1) is 11.3 Å². The van der Waals surface area contributed by atoms with Crippen LogP contribution in [-0.2, 0) is 0 Å². The molecule has 2 aromatic rings. The van der Waals surface area contributed by atoms with Crippen LogP contribution in [0.1, 0.15) is 24.2 Å². The Bertz CT molecular complexity index is 462. The number of thiazole rings is 1. The van der Waals surface area contributed by atoms with Crippen molar-refractivity contribution < 1.29 is 0 Å². The number of rotatable bonds is 2. The van der Waals surface area contributed by atoms with E-state index in [2.05, 4.69) is 9.97 Å². The number of aryl methyl sites for hydroxylation is 1. The lowest BCUT2D eigenvalue weighted by molar-refractivity contribution is 0.790. The maximum atomic E-state index is 5.77. The maximum Gasteiger partial charge on any atom is 0.142 e. The molecule has 0 amide bonds. The van der Waals surface area contributed by atoms with Gasteiger partial charge < -0.3 is 5.73 Å². The molecule has 1 unspecified atom stereocenters. The first kappa shape index (κ1) is 10.3. The lowest BCUT2D eigenvalue weighted by Crippen LogP contribution is -2.04. The van der Waals surface area contributed by atoms with Crippen molar-refractivity contribution >= 4 is 11.3 Å². The minimum Gasteiger partial charge on any atom is -0.323 e. The Morgan fingerprint density at radius 1 is 1.47 bits per heavy atom. The molecule has 0 radical (unpaired) electrons. The van der Waals surface area contributed by atoms with E-state index in [1.807, 2.05) is 31.4 Å². The van der Waals surface area contributed by atoms with Crippen molar-refractivity contribution in [1.29, 1.82) is 0 Å². The number of pyridine rings is 1. The van der Waals surface area contributed by atoms with Crippen molar-refractivity contribution in [3.63, 3.8) is 0 Å². The van der Waals surface area contributed by atoms with Gasteiger partial charge in [0.1, 0.15) is 10.7 Å². The predicted octanol–water partition coefficient (Wildman–Crippen LogP) is 2.53. The lowest BCUT2D eigenvalue weighted by Gasteiger charge is -2.00. The van der Waals surface area contributed by atoms with Crippen LogP contribution in [0.4, 0.5) is 0 Å². The fraction of sp³-hybridized carbons (Fsp3) is 0.273. The van der Waals surface area contributed by atoms with Crippen LogP contribution in [0, 0.1) is 6.92 Å². The Morgan fingerprint density at radius 3 is 2.87 bits per heavy atom. The molecule has 3 nitrogen and oxygen atoms in total. The van der Waals surface area contributed by atoms with Crippen molar-refractivity contribution in [3.05, 3.63) is 35.0 Å². The zero-order valence-electron chi connectivity index (χ0n) is 8.77. The van der Waals surface area contributed by atoms with Crippen LogP contribution in [-0.4, -0.2) is 9.97 Å². The minimum absolute atomic E-state index is 0.0148. The molecule has 1 atom stereocenters. The molecule has 0 aliphatic heterocycles. The van der Waals surface area contributed by atoms with E-state index < -0.39 is 0 Å². The van der Waals surface area contributed by atoms with Gasteiger partial charge in [0.05, 0.1) is 5.69 Å². The number of hydrogen-bond donors (Lipinski definition) is 1. The number of hydrogen-bond acceptors (Lipinski definition) is 4. The summed E-state index contributed by atoms with van der Waals surface area (Å²) in [5, 5.41) is 2.94. The Kier molecular flexibility index (Phi) is 2.79. The highest BCUT2D eigenvalue weighted by Gasteiger charge is 2.09. The third-order valence-corrected chi connectivity index (χ3v) is 3.07. The zero-order chi connectivity index (χ0) is 10.8. The molecule has 0 fully saturated rings.